The van der Waals surface area contributed by atoms with Gasteiger partial charge in [0, 0.05) is 13.7 Å². The number of hydrogen-bond acceptors (Lipinski definition) is 4. The fourth-order valence-electron chi connectivity index (χ4n) is 3.24. The molecule has 0 aliphatic heterocycles. The Labute approximate surface area is 129 Å². The second kappa shape index (κ2) is 7.00. The lowest BCUT2D eigenvalue weighted by Gasteiger charge is -2.38. The Bertz CT molecular complexity index is 409. The van der Waals surface area contributed by atoms with Crippen molar-refractivity contribution in [3.8, 4) is 0 Å². The van der Waals surface area contributed by atoms with Gasteiger partial charge in [0.1, 0.15) is 0 Å². The van der Waals surface area contributed by atoms with Crippen LogP contribution in [-0.2, 0) is 11.8 Å². The van der Waals surface area contributed by atoms with Gasteiger partial charge in [0.2, 0.25) is 0 Å². The number of ether oxygens (including phenoxy) is 1. The van der Waals surface area contributed by atoms with E-state index in [1.165, 1.54) is 12.8 Å². The second-order valence-electron chi connectivity index (χ2n) is 5.48. The third-order valence-electron chi connectivity index (χ3n) is 4.11. The number of nitrogens with zero attached hydrogens (tertiary/aromatic N) is 3. The highest BCUT2D eigenvalue weighted by atomic mass is 79.9. The molecular weight excluding hydrogens is 320 g/mol. The van der Waals surface area contributed by atoms with Gasteiger partial charge in [0.05, 0.1) is 17.3 Å². The Kier molecular flexibility index (Phi) is 5.57. The van der Waals surface area contributed by atoms with Crippen molar-refractivity contribution >= 4 is 15.9 Å². The van der Waals surface area contributed by atoms with E-state index in [9.17, 15) is 0 Å². The molecule has 2 rings (SSSR count). The van der Waals surface area contributed by atoms with Crippen molar-refractivity contribution in [2.45, 2.75) is 57.6 Å². The summed E-state index contributed by atoms with van der Waals surface area (Å²) in [5.74, 6) is 0. The molecule has 1 N–H and O–H groups in total. The third-order valence-corrected chi connectivity index (χ3v) is 4.67. The number of rotatable bonds is 7. The highest BCUT2D eigenvalue weighted by Gasteiger charge is 2.45. The van der Waals surface area contributed by atoms with Gasteiger partial charge in [-0.15, -0.1) is 5.10 Å². The van der Waals surface area contributed by atoms with Gasteiger partial charge in [-0.25, -0.2) is 4.68 Å². The molecule has 1 unspecified atom stereocenters. The molecule has 1 atom stereocenters. The first kappa shape index (κ1) is 15.9. The van der Waals surface area contributed by atoms with Crippen LogP contribution in [0.5, 0.6) is 0 Å². The van der Waals surface area contributed by atoms with Crippen LogP contribution in [0.4, 0.5) is 0 Å². The van der Waals surface area contributed by atoms with E-state index in [1.54, 1.807) is 0 Å². The van der Waals surface area contributed by atoms with Crippen LogP contribution in [-0.4, -0.2) is 33.7 Å². The summed E-state index contributed by atoms with van der Waals surface area (Å²) in [5.41, 5.74) is 0.968. The van der Waals surface area contributed by atoms with Gasteiger partial charge in [-0.3, -0.25) is 0 Å². The Morgan fingerprint density at radius 2 is 2.10 bits per heavy atom. The van der Waals surface area contributed by atoms with Gasteiger partial charge >= 0.3 is 0 Å². The monoisotopic (exact) mass is 344 g/mol. The molecule has 1 aliphatic rings. The summed E-state index contributed by atoms with van der Waals surface area (Å²) in [6.45, 7) is 5.97. The summed E-state index contributed by atoms with van der Waals surface area (Å²) in [6.07, 6.45) is 5.75. The van der Waals surface area contributed by atoms with Crippen LogP contribution < -0.4 is 5.32 Å². The summed E-state index contributed by atoms with van der Waals surface area (Å²) >= 11 is 3.54. The summed E-state index contributed by atoms with van der Waals surface area (Å²) in [7, 11) is 1.95. The van der Waals surface area contributed by atoms with Crippen LogP contribution in [0.15, 0.2) is 4.60 Å². The van der Waals surface area contributed by atoms with Crippen molar-refractivity contribution in [2.75, 3.05) is 13.2 Å². The molecule has 114 valence electrons. The van der Waals surface area contributed by atoms with Crippen molar-refractivity contribution < 1.29 is 4.74 Å². The van der Waals surface area contributed by atoms with Crippen molar-refractivity contribution in [1.29, 1.82) is 0 Å². The second-order valence-corrected chi connectivity index (χ2v) is 6.23. The zero-order chi connectivity index (χ0) is 14.6. The average Bonchev–Trinajstić information content (AvgIpc) is 3.01. The van der Waals surface area contributed by atoms with E-state index >= 15 is 0 Å². The minimum Gasteiger partial charge on any atom is -0.373 e. The number of aryl methyl sites for hydroxylation is 1. The summed E-state index contributed by atoms with van der Waals surface area (Å²) in [4.78, 5) is 0. The minimum absolute atomic E-state index is 0.123. The van der Waals surface area contributed by atoms with E-state index < -0.39 is 0 Å². The number of nitrogens with one attached hydrogen (secondary N) is 1. The predicted octanol–water partition coefficient (Wildman–Crippen LogP) is 2.97. The first-order chi connectivity index (χ1) is 9.64. The van der Waals surface area contributed by atoms with E-state index in [0.29, 0.717) is 0 Å². The Hall–Kier alpha value is -0.460. The maximum Gasteiger partial charge on any atom is 0.153 e. The Balaban J connectivity index is 2.35. The molecule has 5 nitrogen and oxygen atoms in total. The summed E-state index contributed by atoms with van der Waals surface area (Å²) in [6, 6.07) is 0.138. The van der Waals surface area contributed by atoms with Gasteiger partial charge in [-0.2, -0.15) is 0 Å². The number of aromatic nitrogens is 3. The fourth-order valence-corrected chi connectivity index (χ4v) is 3.80. The van der Waals surface area contributed by atoms with Gasteiger partial charge in [0.15, 0.2) is 4.60 Å². The zero-order valence-corrected chi connectivity index (χ0v) is 14.2. The van der Waals surface area contributed by atoms with E-state index in [2.05, 4.69) is 45.4 Å². The fraction of sp³-hybridized carbons (Fsp3) is 0.857. The van der Waals surface area contributed by atoms with Gasteiger partial charge in [-0.05, 0) is 48.7 Å². The van der Waals surface area contributed by atoms with E-state index in [1.807, 2.05) is 11.7 Å². The lowest BCUT2D eigenvalue weighted by molar-refractivity contribution is -0.0644. The molecule has 0 aromatic carbocycles. The van der Waals surface area contributed by atoms with Crippen LogP contribution in [0, 0.1) is 0 Å². The Morgan fingerprint density at radius 1 is 1.40 bits per heavy atom. The quantitative estimate of drug-likeness (QED) is 0.826. The SMILES string of the molecule is CCCNC(c1c(Br)nnn1C)C1(OCC)CCCC1. The molecule has 0 radical (unpaired) electrons. The molecular formula is C14H25BrN4O. The van der Waals surface area contributed by atoms with Gasteiger partial charge in [0.25, 0.3) is 0 Å². The van der Waals surface area contributed by atoms with Crippen LogP contribution >= 0.6 is 15.9 Å². The molecule has 20 heavy (non-hydrogen) atoms. The van der Waals surface area contributed by atoms with Crippen LogP contribution in [0.2, 0.25) is 0 Å². The molecule has 1 aromatic rings. The molecule has 1 saturated carbocycles. The first-order valence-electron chi connectivity index (χ1n) is 7.57. The molecule has 1 aromatic heterocycles. The van der Waals surface area contributed by atoms with Crippen LogP contribution in [0.25, 0.3) is 0 Å². The lowest BCUT2D eigenvalue weighted by Crippen LogP contribution is -2.45. The zero-order valence-electron chi connectivity index (χ0n) is 12.7. The van der Waals surface area contributed by atoms with Crippen molar-refractivity contribution in [3.63, 3.8) is 0 Å². The Morgan fingerprint density at radius 3 is 2.60 bits per heavy atom. The van der Waals surface area contributed by atoms with E-state index in [-0.39, 0.29) is 11.6 Å². The van der Waals surface area contributed by atoms with Crippen molar-refractivity contribution in [3.05, 3.63) is 10.3 Å². The number of hydrogen-bond donors (Lipinski definition) is 1. The van der Waals surface area contributed by atoms with Crippen molar-refractivity contribution in [1.82, 2.24) is 20.3 Å². The van der Waals surface area contributed by atoms with Crippen LogP contribution in [0.1, 0.15) is 57.7 Å². The highest BCUT2D eigenvalue weighted by Crippen LogP contribution is 2.44. The molecule has 1 fully saturated rings. The van der Waals surface area contributed by atoms with Crippen LogP contribution in [0.3, 0.4) is 0 Å². The molecule has 0 bridgehead atoms. The molecule has 6 heteroatoms. The topological polar surface area (TPSA) is 52.0 Å². The molecule has 0 saturated heterocycles. The number of halogens is 1. The minimum atomic E-state index is -0.123. The molecule has 0 spiro atoms. The standard InChI is InChI=1S/C14H25BrN4O/c1-4-10-16-12(11-13(15)17-18-19(11)3)14(20-5-2)8-6-7-9-14/h12,16H,4-10H2,1-3H3. The van der Waals surface area contributed by atoms with E-state index in [4.69, 9.17) is 4.74 Å². The maximum absolute atomic E-state index is 6.23. The lowest BCUT2D eigenvalue weighted by atomic mass is 9.89. The summed E-state index contributed by atoms with van der Waals surface area (Å²) < 4.78 is 8.91. The largest absolute Gasteiger partial charge is 0.373 e. The molecule has 1 heterocycles. The average molecular weight is 345 g/mol. The van der Waals surface area contributed by atoms with Gasteiger partial charge in [-0.1, -0.05) is 25.0 Å². The van der Waals surface area contributed by atoms with Crippen molar-refractivity contribution in [2.24, 2.45) is 7.05 Å². The normalized spacial score (nSPS) is 19.4. The maximum atomic E-state index is 6.23. The molecule has 1 aliphatic carbocycles. The smallest absolute Gasteiger partial charge is 0.153 e. The third kappa shape index (κ3) is 3.07. The first-order valence-corrected chi connectivity index (χ1v) is 8.36. The van der Waals surface area contributed by atoms with E-state index in [0.717, 1.165) is 42.7 Å². The highest BCUT2D eigenvalue weighted by molar-refractivity contribution is 9.10. The molecule has 0 amide bonds. The van der Waals surface area contributed by atoms with Gasteiger partial charge < -0.3 is 10.1 Å². The predicted molar refractivity (Wildman–Crippen MR) is 82.6 cm³/mol. The summed E-state index contributed by atoms with van der Waals surface area (Å²) in [5, 5.41) is 11.9.